The largest absolute Gasteiger partial charge is 0.467 e. The maximum atomic E-state index is 13.0. The molecule has 25 heavy (non-hydrogen) atoms. The molecular weight excluding hydrogens is 325 g/mol. The van der Waals surface area contributed by atoms with E-state index >= 15 is 0 Å². The van der Waals surface area contributed by atoms with E-state index in [9.17, 15) is 14.0 Å². The van der Waals surface area contributed by atoms with Gasteiger partial charge in [0.15, 0.2) is 0 Å². The zero-order chi connectivity index (χ0) is 17.8. The predicted octanol–water partition coefficient (Wildman–Crippen LogP) is 2.52. The van der Waals surface area contributed by atoms with Crippen LogP contribution in [0.2, 0.25) is 0 Å². The highest BCUT2D eigenvalue weighted by Gasteiger charge is 2.18. The van der Waals surface area contributed by atoms with Crippen LogP contribution in [0.25, 0.3) is 11.3 Å². The molecule has 0 aliphatic rings. The Bertz CT molecular complexity index is 917. The molecule has 0 aliphatic heterocycles. The molecule has 3 rings (SSSR count). The van der Waals surface area contributed by atoms with Crippen molar-refractivity contribution in [1.82, 2.24) is 15.1 Å². The Hall–Kier alpha value is -3.22. The van der Waals surface area contributed by atoms with E-state index in [4.69, 9.17) is 4.42 Å². The Labute approximate surface area is 142 Å². The van der Waals surface area contributed by atoms with Crippen LogP contribution in [-0.2, 0) is 11.3 Å². The molecule has 0 fully saturated rings. The summed E-state index contributed by atoms with van der Waals surface area (Å²) in [6, 6.07) is 11.3. The summed E-state index contributed by atoms with van der Waals surface area (Å²) in [5, 5.41) is 6.93. The predicted molar refractivity (Wildman–Crippen MR) is 89.2 cm³/mol. The monoisotopic (exact) mass is 341 g/mol. The molecule has 0 bridgehead atoms. The third-order valence-electron chi connectivity index (χ3n) is 3.73. The number of benzene rings is 1. The number of rotatable bonds is 5. The van der Waals surface area contributed by atoms with Gasteiger partial charge in [-0.3, -0.25) is 9.59 Å². The zero-order valence-corrected chi connectivity index (χ0v) is 13.5. The number of carbonyl (C=O) groups excluding carboxylic acids is 1. The lowest BCUT2D eigenvalue weighted by atomic mass is 10.1. The molecule has 0 spiro atoms. The number of aromatic nitrogens is 2. The molecule has 1 aromatic carbocycles. The van der Waals surface area contributed by atoms with Gasteiger partial charge in [0.1, 0.15) is 17.6 Å². The van der Waals surface area contributed by atoms with Crippen molar-refractivity contribution in [1.29, 1.82) is 0 Å². The first-order valence-electron chi connectivity index (χ1n) is 7.70. The number of hydrogen-bond donors (Lipinski definition) is 1. The highest BCUT2D eigenvalue weighted by Crippen LogP contribution is 2.16. The Morgan fingerprint density at radius 1 is 1.24 bits per heavy atom. The second kappa shape index (κ2) is 7.12. The van der Waals surface area contributed by atoms with Crippen LogP contribution in [-0.4, -0.2) is 15.7 Å². The lowest BCUT2D eigenvalue weighted by Crippen LogP contribution is -2.36. The van der Waals surface area contributed by atoms with E-state index in [1.165, 1.54) is 24.5 Å². The lowest BCUT2D eigenvalue weighted by molar-refractivity contribution is -0.124. The van der Waals surface area contributed by atoms with Gasteiger partial charge in [-0.25, -0.2) is 9.07 Å². The summed E-state index contributed by atoms with van der Waals surface area (Å²) in [6.45, 7) is 1.81. The minimum atomic E-state index is -0.803. The van der Waals surface area contributed by atoms with Gasteiger partial charge in [0.2, 0.25) is 5.91 Å². The number of carbonyl (C=O) groups is 1. The fourth-order valence-corrected chi connectivity index (χ4v) is 2.32. The third-order valence-corrected chi connectivity index (χ3v) is 3.73. The number of nitrogens with zero attached hydrogens (tertiary/aromatic N) is 2. The molecule has 2 heterocycles. The van der Waals surface area contributed by atoms with Gasteiger partial charge in [-0.05, 0) is 49.4 Å². The average Bonchev–Trinajstić information content (AvgIpc) is 3.14. The number of amides is 1. The van der Waals surface area contributed by atoms with Crippen molar-refractivity contribution in [2.24, 2.45) is 0 Å². The molecule has 0 aliphatic carbocycles. The zero-order valence-electron chi connectivity index (χ0n) is 13.5. The van der Waals surface area contributed by atoms with Crippen LogP contribution < -0.4 is 10.9 Å². The van der Waals surface area contributed by atoms with Crippen molar-refractivity contribution in [3.8, 4) is 11.3 Å². The second-order valence-electron chi connectivity index (χ2n) is 5.48. The number of hydrogen-bond acceptors (Lipinski definition) is 4. The van der Waals surface area contributed by atoms with Gasteiger partial charge in [0.25, 0.3) is 5.56 Å². The molecule has 3 aromatic rings. The van der Waals surface area contributed by atoms with Crippen molar-refractivity contribution in [2.75, 3.05) is 0 Å². The van der Waals surface area contributed by atoms with Gasteiger partial charge in [-0.2, -0.15) is 5.10 Å². The minimum Gasteiger partial charge on any atom is -0.467 e. The number of halogens is 1. The molecule has 0 saturated carbocycles. The Morgan fingerprint density at radius 3 is 2.68 bits per heavy atom. The minimum absolute atomic E-state index is 0.225. The molecule has 0 radical (unpaired) electrons. The van der Waals surface area contributed by atoms with Crippen LogP contribution in [0.3, 0.4) is 0 Å². The van der Waals surface area contributed by atoms with Crippen molar-refractivity contribution >= 4 is 5.91 Å². The summed E-state index contributed by atoms with van der Waals surface area (Å²) in [4.78, 5) is 24.4. The molecular formula is C18H16FN3O3. The summed E-state index contributed by atoms with van der Waals surface area (Å²) in [7, 11) is 0. The van der Waals surface area contributed by atoms with Crippen LogP contribution in [0.5, 0.6) is 0 Å². The summed E-state index contributed by atoms with van der Waals surface area (Å²) in [5.41, 5.74) is 0.732. The van der Waals surface area contributed by atoms with Crippen molar-refractivity contribution < 1.29 is 13.6 Å². The summed E-state index contributed by atoms with van der Waals surface area (Å²) >= 11 is 0. The molecule has 7 heteroatoms. The molecule has 0 unspecified atom stereocenters. The average molecular weight is 341 g/mol. The van der Waals surface area contributed by atoms with E-state index in [1.54, 1.807) is 37.3 Å². The van der Waals surface area contributed by atoms with Gasteiger partial charge in [0.05, 0.1) is 18.5 Å². The molecule has 1 N–H and O–H groups in total. The maximum absolute atomic E-state index is 13.0. The highest BCUT2D eigenvalue weighted by atomic mass is 19.1. The Kier molecular flexibility index (Phi) is 4.74. The van der Waals surface area contributed by atoms with Crippen LogP contribution in [0.1, 0.15) is 18.7 Å². The van der Waals surface area contributed by atoms with E-state index in [1.807, 2.05) is 0 Å². The van der Waals surface area contributed by atoms with Crippen molar-refractivity contribution in [3.63, 3.8) is 0 Å². The van der Waals surface area contributed by atoms with Gasteiger partial charge in [0, 0.05) is 11.6 Å². The SMILES string of the molecule is C[C@H](C(=O)NCc1ccco1)n1nc(-c2ccc(F)cc2)ccc1=O. The standard InChI is InChI=1S/C18H16FN3O3/c1-12(18(24)20-11-15-3-2-10-25-15)22-17(23)9-8-16(21-22)13-4-6-14(19)7-5-13/h2-10,12H,11H2,1H3,(H,20,24)/t12-/m1/s1. The second-order valence-corrected chi connectivity index (χ2v) is 5.48. The summed E-state index contributed by atoms with van der Waals surface area (Å²) in [6.07, 6.45) is 1.52. The van der Waals surface area contributed by atoms with Crippen LogP contribution in [0.4, 0.5) is 4.39 Å². The smallest absolute Gasteiger partial charge is 0.267 e. The third kappa shape index (κ3) is 3.82. The molecule has 1 atom stereocenters. The first kappa shape index (κ1) is 16.6. The fraction of sp³-hybridized carbons (Fsp3) is 0.167. The maximum Gasteiger partial charge on any atom is 0.267 e. The highest BCUT2D eigenvalue weighted by molar-refractivity contribution is 5.79. The molecule has 0 saturated heterocycles. The summed E-state index contributed by atoms with van der Waals surface area (Å²) in [5.74, 6) is -0.106. The van der Waals surface area contributed by atoms with Gasteiger partial charge < -0.3 is 9.73 Å². The molecule has 6 nitrogen and oxygen atoms in total. The molecule has 128 valence electrons. The fourth-order valence-electron chi connectivity index (χ4n) is 2.32. The van der Waals surface area contributed by atoms with E-state index < -0.39 is 11.6 Å². The first-order chi connectivity index (χ1) is 12.0. The summed E-state index contributed by atoms with van der Waals surface area (Å²) < 4.78 is 19.3. The topological polar surface area (TPSA) is 77.1 Å². The first-order valence-corrected chi connectivity index (χ1v) is 7.70. The van der Waals surface area contributed by atoms with Gasteiger partial charge in [-0.1, -0.05) is 0 Å². The van der Waals surface area contributed by atoms with Crippen molar-refractivity contribution in [2.45, 2.75) is 19.5 Å². The Morgan fingerprint density at radius 2 is 2.00 bits per heavy atom. The van der Waals surface area contributed by atoms with Gasteiger partial charge >= 0.3 is 0 Å². The molecule has 1 amide bonds. The lowest BCUT2D eigenvalue weighted by Gasteiger charge is -2.14. The van der Waals surface area contributed by atoms with E-state index in [0.717, 1.165) is 4.68 Å². The van der Waals surface area contributed by atoms with Crippen LogP contribution in [0, 0.1) is 5.82 Å². The van der Waals surface area contributed by atoms with Crippen LogP contribution in [0.15, 0.2) is 64.0 Å². The molecule has 2 aromatic heterocycles. The van der Waals surface area contributed by atoms with E-state index in [-0.39, 0.29) is 18.3 Å². The number of nitrogens with one attached hydrogen (secondary N) is 1. The van der Waals surface area contributed by atoms with Crippen LogP contribution >= 0.6 is 0 Å². The van der Waals surface area contributed by atoms with Crippen molar-refractivity contribution in [3.05, 3.63) is 76.7 Å². The van der Waals surface area contributed by atoms with Gasteiger partial charge in [-0.15, -0.1) is 0 Å². The quantitative estimate of drug-likeness (QED) is 0.773. The normalized spacial score (nSPS) is 11.9. The van der Waals surface area contributed by atoms with E-state index in [2.05, 4.69) is 10.4 Å². The number of furan rings is 1. The van der Waals surface area contributed by atoms with E-state index in [0.29, 0.717) is 17.0 Å². The Balaban J connectivity index is 1.80.